The Kier molecular flexibility index (Phi) is 3.52. The number of rotatable bonds is 3. The molecule has 2 fully saturated rings. The van der Waals surface area contributed by atoms with E-state index in [1.54, 1.807) is 6.07 Å². The lowest BCUT2D eigenvalue weighted by Gasteiger charge is -2.43. The summed E-state index contributed by atoms with van der Waals surface area (Å²) in [6, 6.07) is 10.6. The standard InChI is InChI=1S/C17H19N3O2/c21-10-14-2-1-13-9-15(3-4-17(13)18-14)19-5-7-20(8-6-19)16-11-22-12-16/h1-4,9-10,16H,5-8,11-12H2. The van der Waals surface area contributed by atoms with Crippen molar-refractivity contribution in [3.63, 3.8) is 0 Å². The smallest absolute Gasteiger partial charge is 0.168 e. The molecule has 2 aliphatic heterocycles. The van der Waals surface area contributed by atoms with E-state index in [1.165, 1.54) is 5.69 Å². The van der Waals surface area contributed by atoms with Crippen LogP contribution in [0.2, 0.25) is 0 Å². The molecule has 0 bridgehead atoms. The molecule has 0 unspecified atom stereocenters. The number of aromatic nitrogens is 1. The maximum Gasteiger partial charge on any atom is 0.168 e. The van der Waals surface area contributed by atoms with Crippen LogP contribution in [0.25, 0.3) is 10.9 Å². The number of carbonyl (C=O) groups is 1. The molecule has 114 valence electrons. The third-order valence-electron chi connectivity index (χ3n) is 4.63. The fourth-order valence-corrected chi connectivity index (χ4v) is 3.17. The summed E-state index contributed by atoms with van der Waals surface area (Å²) in [7, 11) is 0. The topological polar surface area (TPSA) is 45.7 Å². The molecule has 2 saturated heterocycles. The molecule has 4 rings (SSSR count). The summed E-state index contributed by atoms with van der Waals surface area (Å²) < 4.78 is 5.28. The highest BCUT2D eigenvalue weighted by Crippen LogP contribution is 2.23. The highest BCUT2D eigenvalue weighted by molar-refractivity contribution is 5.86. The number of hydrogen-bond donors (Lipinski definition) is 0. The van der Waals surface area contributed by atoms with E-state index in [2.05, 4.69) is 26.9 Å². The van der Waals surface area contributed by atoms with Crippen molar-refractivity contribution in [2.75, 3.05) is 44.3 Å². The zero-order valence-corrected chi connectivity index (χ0v) is 12.4. The SMILES string of the molecule is O=Cc1ccc2cc(N3CCN(C4COC4)CC3)ccc2n1. The van der Waals surface area contributed by atoms with Gasteiger partial charge in [0, 0.05) is 37.3 Å². The Balaban J connectivity index is 1.50. The van der Waals surface area contributed by atoms with Crippen LogP contribution in [0.4, 0.5) is 5.69 Å². The fraction of sp³-hybridized carbons (Fsp3) is 0.412. The molecule has 0 atom stereocenters. The minimum Gasteiger partial charge on any atom is -0.378 e. The average molecular weight is 297 g/mol. The van der Waals surface area contributed by atoms with Crippen molar-refractivity contribution < 1.29 is 9.53 Å². The first kappa shape index (κ1) is 13.7. The average Bonchev–Trinajstić information content (AvgIpc) is 2.53. The lowest BCUT2D eigenvalue weighted by molar-refractivity contribution is -0.0660. The van der Waals surface area contributed by atoms with Crippen molar-refractivity contribution in [3.05, 3.63) is 36.0 Å². The molecule has 0 aliphatic carbocycles. The molecule has 0 N–H and O–H groups in total. The van der Waals surface area contributed by atoms with Crippen LogP contribution >= 0.6 is 0 Å². The van der Waals surface area contributed by atoms with Crippen molar-refractivity contribution in [2.24, 2.45) is 0 Å². The summed E-state index contributed by atoms with van der Waals surface area (Å²) in [6.45, 7) is 6.05. The number of carbonyl (C=O) groups excluding carboxylic acids is 1. The minimum absolute atomic E-state index is 0.483. The van der Waals surface area contributed by atoms with Gasteiger partial charge in [0.05, 0.1) is 24.8 Å². The van der Waals surface area contributed by atoms with Crippen LogP contribution < -0.4 is 4.90 Å². The molecule has 5 heteroatoms. The van der Waals surface area contributed by atoms with Gasteiger partial charge in [-0.1, -0.05) is 6.07 Å². The van der Waals surface area contributed by atoms with Crippen LogP contribution in [0.5, 0.6) is 0 Å². The number of nitrogens with zero attached hydrogens (tertiary/aromatic N) is 3. The van der Waals surface area contributed by atoms with E-state index >= 15 is 0 Å². The monoisotopic (exact) mass is 297 g/mol. The molecule has 1 aromatic heterocycles. The molecule has 5 nitrogen and oxygen atoms in total. The number of hydrogen-bond acceptors (Lipinski definition) is 5. The predicted molar refractivity (Wildman–Crippen MR) is 85.5 cm³/mol. The zero-order valence-electron chi connectivity index (χ0n) is 12.4. The normalized spacial score (nSPS) is 20.1. The van der Waals surface area contributed by atoms with Gasteiger partial charge in [-0.05, 0) is 24.3 Å². The molecule has 2 aromatic rings. The Hall–Kier alpha value is -1.98. The first-order valence-electron chi connectivity index (χ1n) is 7.76. The number of pyridine rings is 1. The Morgan fingerprint density at radius 1 is 1.09 bits per heavy atom. The van der Waals surface area contributed by atoms with E-state index in [1.807, 2.05) is 12.1 Å². The van der Waals surface area contributed by atoms with E-state index in [4.69, 9.17) is 4.74 Å². The second kappa shape index (κ2) is 5.66. The van der Waals surface area contributed by atoms with Gasteiger partial charge >= 0.3 is 0 Å². The van der Waals surface area contributed by atoms with Gasteiger partial charge in [-0.3, -0.25) is 9.69 Å². The van der Waals surface area contributed by atoms with Crippen molar-refractivity contribution in [1.82, 2.24) is 9.88 Å². The zero-order chi connectivity index (χ0) is 14.9. The van der Waals surface area contributed by atoms with E-state index < -0.39 is 0 Å². The molecule has 0 radical (unpaired) electrons. The molecule has 2 aliphatic rings. The number of fused-ring (bicyclic) bond motifs is 1. The number of piperazine rings is 1. The minimum atomic E-state index is 0.483. The van der Waals surface area contributed by atoms with E-state index in [0.717, 1.165) is 56.6 Å². The molecular formula is C17H19N3O2. The molecule has 0 saturated carbocycles. The van der Waals surface area contributed by atoms with Crippen LogP contribution in [0.15, 0.2) is 30.3 Å². The largest absolute Gasteiger partial charge is 0.378 e. The van der Waals surface area contributed by atoms with Gasteiger partial charge in [-0.2, -0.15) is 0 Å². The van der Waals surface area contributed by atoms with Crippen molar-refractivity contribution in [1.29, 1.82) is 0 Å². The number of aldehydes is 1. The summed E-state index contributed by atoms with van der Waals surface area (Å²) in [5.41, 5.74) is 2.59. The highest BCUT2D eigenvalue weighted by atomic mass is 16.5. The van der Waals surface area contributed by atoms with Gasteiger partial charge in [0.15, 0.2) is 6.29 Å². The summed E-state index contributed by atoms with van der Waals surface area (Å²) >= 11 is 0. The van der Waals surface area contributed by atoms with Gasteiger partial charge in [0.2, 0.25) is 0 Å². The Labute approximate surface area is 129 Å². The van der Waals surface area contributed by atoms with Gasteiger partial charge in [0.1, 0.15) is 5.69 Å². The molecule has 0 spiro atoms. The van der Waals surface area contributed by atoms with Crippen molar-refractivity contribution in [3.8, 4) is 0 Å². The van der Waals surface area contributed by atoms with Crippen LogP contribution in [-0.2, 0) is 4.74 Å². The number of benzene rings is 1. The predicted octanol–water partition coefficient (Wildman–Crippen LogP) is 1.57. The fourth-order valence-electron chi connectivity index (χ4n) is 3.17. The van der Waals surface area contributed by atoms with Gasteiger partial charge in [0.25, 0.3) is 0 Å². The van der Waals surface area contributed by atoms with E-state index in [9.17, 15) is 4.79 Å². The van der Waals surface area contributed by atoms with E-state index in [0.29, 0.717) is 11.7 Å². The first-order chi connectivity index (χ1) is 10.8. The third kappa shape index (κ3) is 2.46. The van der Waals surface area contributed by atoms with Crippen LogP contribution in [-0.4, -0.2) is 61.6 Å². The molecule has 3 heterocycles. The van der Waals surface area contributed by atoms with Gasteiger partial charge in [-0.15, -0.1) is 0 Å². The molecule has 1 aromatic carbocycles. The first-order valence-corrected chi connectivity index (χ1v) is 7.76. The van der Waals surface area contributed by atoms with Gasteiger partial charge in [-0.25, -0.2) is 4.98 Å². The lowest BCUT2D eigenvalue weighted by atomic mass is 10.1. The Morgan fingerprint density at radius 2 is 1.91 bits per heavy atom. The van der Waals surface area contributed by atoms with Crippen LogP contribution in [0.1, 0.15) is 10.5 Å². The van der Waals surface area contributed by atoms with Crippen molar-refractivity contribution >= 4 is 22.9 Å². The maximum atomic E-state index is 10.8. The van der Waals surface area contributed by atoms with E-state index in [-0.39, 0.29) is 0 Å². The highest BCUT2D eigenvalue weighted by Gasteiger charge is 2.28. The number of ether oxygens (including phenoxy) is 1. The maximum absolute atomic E-state index is 10.8. The summed E-state index contributed by atoms with van der Waals surface area (Å²) in [5.74, 6) is 0. The summed E-state index contributed by atoms with van der Waals surface area (Å²) in [5, 5.41) is 1.08. The summed E-state index contributed by atoms with van der Waals surface area (Å²) in [6.07, 6.45) is 0.788. The van der Waals surface area contributed by atoms with Gasteiger partial charge < -0.3 is 9.64 Å². The number of anilines is 1. The second-order valence-corrected chi connectivity index (χ2v) is 5.95. The van der Waals surface area contributed by atoms with Crippen molar-refractivity contribution in [2.45, 2.75) is 6.04 Å². The molecule has 0 amide bonds. The lowest BCUT2D eigenvalue weighted by Crippen LogP contribution is -2.56. The third-order valence-corrected chi connectivity index (χ3v) is 4.63. The summed E-state index contributed by atoms with van der Waals surface area (Å²) in [4.78, 5) is 20.1. The Morgan fingerprint density at radius 3 is 2.59 bits per heavy atom. The second-order valence-electron chi connectivity index (χ2n) is 5.95. The molecule has 22 heavy (non-hydrogen) atoms. The quantitative estimate of drug-likeness (QED) is 0.805. The Bertz CT molecular complexity index is 691. The molecular weight excluding hydrogens is 278 g/mol. The van der Waals surface area contributed by atoms with Crippen LogP contribution in [0, 0.1) is 0 Å². The van der Waals surface area contributed by atoms with Crippen LogP contribution in [0.3, 0.4) is 0 Å².